The fourth-order valence-electron chi connectivity index (χ4n) is 2.78. The molecule has 0 saturated carbocycles. The average molecular weight is 422 g/mol. The van der Waals surface area contributed by atoms with Crippen LogP contribution in [0.3, 0.4) is 0 Å². The number of hydrogen-bond acceptors (Lipinski definition) is 8. The van der Waals surface area contributed by atoms with Crippen molar-refractivity contribution in [2.45, 2.75) is 13.5 Å². The summed E-state index contributed by atoms with van der Waals surface area (Å²) in [7, 11) is 1.53. The lowest BCUT2D eigenvalue weighted by molar-refractivity contribution is 0.102. The van der Waals surface area contributed by atoms with Crippen LogP contribution in [0.15, 0.2) is 57.9 Å². The first kappa shape index (κ1) is 19.6. The number of nitrogens with zero attached hydrogens (tertiary/aromatic N) is 3. The van der Waals surface area contributed by atoms with E-state index < -0.39 is 0 Å². The van der Waals surface area contributed by atoms with Crippen LogP contribution in [0.5, 0.6) is 11.5 Å². The number of methoxy groups -OCH3 is 1. The molecule has 0 fully saturated rings. The molecule has 0 unspecified atom stereocenters. The molecule has 4 rings (SSSR count). The summed E-state index contributed by atoms with van der Waals surface area (Å²) in [6.45, 7) is 2.03. The normalized spacial score (nSPS) is 10.6. The molecule has 9 heteroatoms. The predicted molar refractivity (Wildman–Crippen MR) is 112 cm³/mol. The lowest BCUT2D eigenvalue weighted by atomic mass is 10.1. The summed E-state index contributed by atoms with van der Waals surface area (Å²) in [6.07, 6.45) is 0. The Bertz CT molecular complexity index is 1160. The van der Waals surface area contributed by atoms with Gasteiger partial charge in [0.1, 0.15) is 6.61 Å². The van der Waals surface area contributed by atoms with Gasteiger partial charge in [-0.25, -0.2) is 4.98 Å². The summed E-state index contributed by atoms with van der Waals surface area (Å²) >= 11 is 1.50. The molecule has 0 aliphatic carbocycles. The molecule has 0 aliphatic heterocycles. The molecule has 0 radical (unpaired) electrons. The van der Waals surface area contributed by atoms with Gasteiger partial charge in [0.15, 0.2) is 11.5 Å². The lowest BCUT2D eigenvalue weighted by Crippen LogP contribution is -2.13. The monoisotopic (exact) mass is 422 g/mol. The highest BCUT2D eigenvalue weighted by Crippen LogP contribution is 2.30. The van der Waals surface area contributed by atoms with Crippen molar-refractivity contribution in [2.24, 2.45) is 0 Å². The molecule has 1 N–H and O–H groups in total. The van der Waals surface area contributed by atoms with Crippen LogP contribution in [0.2, 0.25) is 0 Å². The van der Waals surface area contributed by atoms with Gasteiger partial charge in [-0.3, -0.25) is 4.79 Å². The minimum absolute atomic E-state index is 0.299. The zero-order valence-electron chi connectivity index (χ0n) is 16.3. The van der Waals surface area contributed by atoms with Gasteiger partial charge in [-0.2, -0.15) is 4.98 Å². The maximum Gasteiger partial charge on any atom is 0.255 e. The SMILES string of the molecule is COc1cc(C(=O)Nc2ccccc2-c2noc(C)n2)ccc1OCc1cscn1. The van der Waals surface area contributed by atoms with Gasteiger partial charge < -0.3 is 19.3 Å². The third kappa shape index (κ3) is 4.31. The first-order valence-corrected chi connectivity index (χ1v) is 9.97. The van der Waals surface area contributed by atoms with Crippen LogP contribution in [0.4, 0.5) is 5.69 Å². The molecular formula is C21H18N4O4S. The van der Waals surface area contributed by atoms with Gasteiger partial charge in [-0.05, 0) is 30.3 Å². The Morgan fingerprint density at radius 1 is 1.20 bits per heavy atom. The molecular weight excluding hydrogens is 404 g/mol. The molecule has 0 atom stereocenters. The molecule has 152 valence electrons. The zero-order chi connectivity index (χ0) is 20.9. The number of nitrogens with one attached hydrogen (secondary N) is 1. The van der Waals surface area contributed by atoms with Gasteiger partial charge in [-0.15, -0.1) is 11.3 Å². The highest BCUT2D eigenvalue weighted by Gasteiger charge is 2.16. The van der Waals surface area contributed by atoms with Crippen LogP contribution in [0.25, 0.3) is 11.4 Å². The van der Waals surface area contributed by atoms with Crippen molar-refractivity contribution in [3.8, 4) is 22.9 Å². The number of aryl methyl sites for hydroxylation is 1. The molecule has 4 aromatic rings. The fraction of sp³-hybridized carbons (Fsp3) is 0.143. The standard InChI is InChI=1S/C21H18N4O4S/c1-13-23-20(25-29-13)16-5-3-4-6-17(16)24-21(26)14-7-8-18(19(9-14)27-2)28-10-15-11-30-12-22-15/h3-9,11-12H,10H2,1-2H3,(H,24,26). The number of para-hydroxylation sites is 1. The first-order valence-electron chi connectivity index (χ1n) is 9.03. The van der Waals surface area contributed by atoms with Gasteiger partial charge in [-0.1, -0.05) is 17.3 Å². The van der Waals surface area contributed by atoms with Gasteiger partial charge in [0.25, 0.3) is 5.91 Å². The van der Waals surface area contributed by atoms with Crippen LogP contribution < -0.4 is 14.8 Å². The Kier molecular flexibility index (Phi) is 5.71. The lowest BCUT2D eigenvalue weighted by Gasteiger charge is -2.12. The fourth-order valence-corrected chi connectivity index (χ4v) is 3.32. The number of aromatic nitrogens is 3. The van der Waals surface area contributed by atoms with Crippen LogP contribution >= 0.6 is 11.3 Å². The Hall–Kier alpha value is -3.72. The highest BCUT2D eigenvalue weighted by molar-refractivity contribution is 7.07. The van der Waals surface area contributed by atoms with E-state index in [1.807, 2.05) is 23.6 Å². The molecule has 2 heterocycles. The molecule has 30 heavy (non-hydrogen) atoms. The maximum atomic E-state index is 12.8. The molecule has 2 aromatic heterocycles. The zero-order valence-corrected chi connectivity index (χ0v) is 17.1. The van der Waals surface area contributed by atoms with Crippen molar-refractivity contribution in [1.29, 1.82) is 0 Å². The van der Waals surface area contributed by atoms with E-state index in [1.165, 1.54) is 18.4 Å². The summed E-state index contributed by atoms with van der Waals surface area (Å²) < 4.78 is 16.2. The second-order valence-corrected chi connectivity index (χ2v) is 6.99. The third-order valence-corrected chi connectivity index (χ3v) is 4.86. The molecule has 0 spiro atoms. The van der Waals surface area contributed by atoms with E-state index in [2.05, 4.69) is 20.4 Å². The predicted octanol–water partition coefficient (Wildman–Crippen LogP) is 4.34. The summed E-state index contributed by atoms with van der Waals surface area (Å²) in [5.41, 5.74) is 4.24. The van der Waals surface area contributed by atoms with Crippen molar-refractivity contribution in [2.75, 3.05) is 12.4 Å². The Morgan fingerprint density at radius 3 is 2.80 bits per heavy atom. The molecule has 1 amide bonds. The van der Waals surface area contributed by atoms with Crippen molar-refractivity contribution >= 4 is 22.9 Å². The van der Waals surface area contributed by atoms with E-state index in [9.17, 15) is 4.79 Å². The topological polar surface area (TPSA) is 99.4 Å². The number of rotatable bonds is 7. The number of ether oxygens (including phenoxy) is 2. The number of benzene rings is 2. The Morgan fingerprint density at radius 2 is 2.07 bits per heavy atom. The third-order valence-electron chi connectivity index (χ3n) is 4.23. The maximum absolute atomic E-state index is 12.8. The number of amides is 1. The van der Waals surface area contributed by atoms with E-state index in [1.54, 1.807) is 36.7 Å². The van der Waals surface area contributed by atoms with Crippen LogP contribution in [-0.4, -0.2) is 28.1 Å². The van der Waals surface area contributed by atoms with Gasteiger partial charge in [0.05, 0.1) is 24.0 Å². The van der Waals surface area contributed by atoms with Crippen molar-refractivity contribution in [1.82, 2.24) is 15.1 Å². The van der Waals surface area contributed by atoms with Crippen LogP contribution in [0, 0.1) is 6.92 Å². The Balaban J connectivity index is 1.53. The smallest absolute Gasteiger partial charge is 0.255 e. The number of carbonyl (C=O) groups excluding carboxylic acids is 1. The Labute approximate surface area is 176 Å². The second kappa shape index (κ2) is 8.75. The molecule has 0 aliphatic rings. The minimum Gasteiger partial charge on any atom is -0.493 e. The van der Waals surface area contributed by atoms with Crippen molar-refractivity contribution < 1.29 is 18.8 Å². The quantitative estimate of drug-likeness (QED) is 0.473. The first-order chi connectivity index (χ1) is 14.6. The van der Waals surface area contributed by atoms with E-state index in [0.717, 1.165) is 5.69 Å². The number of carbonyl (C=O) groups is 1. The van der Waals surface area contributed by atoms with Crippen molar-refractivity contribution in [3.63, 3.8) is 0 Å². The number of hydrogen-bond donors (Lipinski definition) is 1. The van der Waals surface area contributed by atoms with E-state index in [0.29, 0.717) is 46.6 Å². The molecule has 8 nitrogen and oxygen atoms in total. The minimum atomic E-state index is -0.299. The van der Waals surface area contributed by atoms with Crippen LogP contribution in [-0.2, 0) is 6.61 Å². The summed E-state index contributed by atoms with van der Waals surface area (Å²) in [4.78, 5) is 21.3. The van der Waals surface area contributed by atoms with Gasteiger partial charge in [0.2, 0.25) is 11.7 Å². The molecule has 2 aromatic carbocycles. The van der Waals surface area contributed by atoms with Gasteiger partial charge >= 0.3 is 0 Å². The molecule has 0 bridgehead atoms. The van der Waals surface area contributed by atoms with E-state index in [-0.39, 0.29) is 5.91 Å². The van der Waals surface area contributed by atoms with E-state index >= 15 is 0 Å². The number of anilines is 1. The van der Waals surface area contributed by atoms with E-state index in [4.69, 9.17) is 14.0 Å². The molecule has 0 saturated heterocycles. The highest BCUT2D eigenvalue weighted by atomic mass is 32.1. The van der Waals surface area contributed by atoms with Crippen LogP contribution in [0.1, 0.15) is 21.9 Å². The largest absolute Gasteiger partial charge is 0.493 e. The summed E-state index contributed by atoms with van der Waals surface area (Å²) in [5, 5.41) is 8.74. The summed E-state index contributed by atoms with van der Waals surface area (Å²) in [6, 6.07) is 12.3. The van der Waals surface area contributed by atoms with Crippen molar-refractivity contribution in [3.05, 3.63) is 70.5 Å². The number of thiazole rings is 1. The van der Waals surface area contributed by atoms with Gasteiger partial charge in [0, 0.05) is 23.4 Å². The average Bonchev–Trinajstić information content (AvgIpc) is 3.44. The summed E-state index contributed by atoms with van der Waals surface area (Å²) in [5.74, 6) is 1.55. The second-order valence-electron chi connectivity index (χ2n) is 6.27.